The molecule has 0 aliphatic rings. The average molecular weight is 269 g/mol. The molecule has 0 aliphatic heterocycles. The molecule has 0 unspecified atom stereocenters. The minimum absolute atomic E-state index is 0.141. The van der Waals surface area contributed by atoms with Crippen molar-refractivity contribution in [3.05, 3.63) is 59.1 Å². The van der Waals surface area contributed by atoms with E-state index in [1.807, 2.05) is 41.9 Å². The van der Waals surface area contributed by atoms with Crippen LogP contribution in [0, 0.1) is 0 Å². The van der Waals surface area contributed by atoms with E-state index in [4.69, 9.17) is 0 Å². The minimum Gasteiger partial charge on any atom is -0.322 e. The number of carbonyl (C=O) groups is 1. The van der Waals surface area contributed by atoms with E-state index in [9.17, 15) is 4.79 Å². The molecule has 0 aliphatic carbocycles. The van der Waals surface area contributed by atoms with Crippen LogP contribution in [0.4, 0.5) is 5.69 Å². The van der Waals surface area contributed by atoms with Crippen molar-refractivity contribution in [3.8, 4) is 0 Å². The van der Waals surface area contributed by atoms with Gasteiger partial charge in [0.25, 0.3) is 0 Å². The second-order valence-electron chi connectivity index (χ2n) is 3.95. The number of aromatic nitrogens is 2. The first-order valence-corrected chi connectivity index (χ1v) is 6.65. The Morgan fingerprint density at radius 1 is 1.37 bits per heavy atom. The first kappa shape index (κ1) is 11.7. The van der Waals surface area contributed by atoms with Crippen molar-refractivity contribution < 1.29 is 4.79 Å². The Morgan fingerprint density at radius 2 is 2.32 bits per heavy atom. The van der Waals surface area contributed by atoms with Crippen molar-refractivity contribution in [2.75, 3.05) is 5.32 Å². The molecule has 0 saturated carbocycles. The average Bonchev–Trinajstić information content (AvgIpc) is 3.07. The van der Waals surface area contributed by atoms with Gasteiger partial charge in [-0.1, -0.05) is 6.07 Å². The Morgan fingerprint density at radius 3 is 3.16 bits per heavy atom. The number of fused-ring (bicyclic) bond motifs is 1. The Labute approximate surface area is 114 Å². The predicted molar refractivity (Wildman–Crippen MR) is 77.2 cm³/mol. The first-order valence-electron chi connectivity index (χ1n) is 5.77. The summed E-state index contributed by atoms with van der Waals surface area (Å²) in [5, 5.41) is 8.90. The second-order valence-corrected chi connectivity index (χ2v) is 4.93. The maximum absolute atomic E-state index is 11.8. The molecule has 3 heterocycles. The number of rotatable bonds is 3. The molecule has 19 heavy (non-hydrogen) atoms. The maximum Gasteiger partial charge on any atom is 0.248 e. The molecule has 0 saturated heterocycles. The molecule has 0 bridgehead atoms. The SMILES string of the molecule is O=C(C=Cc1cccs1)Nc1ccn2nccc2c1. The van der Waals surface area contributed by atoms with Gasteiger partial charge in [-0.25, -0.2) is 4.52 Å². The Kier molecular flexibility index (Phi) is 3.12. The Balaban J connectivity index is 1.71. The monoisotopic (exact) mass is 269 g/mol. The van der Waals surface area contributed by atoms with Crippen LogP contribution in [0.15, 0.2) is 54.2 Å². The van der Waals surface area contributed by atoms with Crippen LogP contribution in [0.25, 0.3) is 11.6 Å². The van der Waals surface area contributed by atoms with Crippen molar-refractivity contribution in [2.24, 2.45) is 0 Å². The molecular formula is C14H11N3OS. The lowest BCUT2D eigenvalue weighted by atomic mass is 10.3. The zero-order valence-corrected chi connectivity index (χ0v) is 10.8. The summed E-state index contributed by atoms with van der Waals surface area (Å²) in [4.78, 5) is 12.8. The van der Waals surface area contributed by atoms with E-state index < -0.39 is 0 Å². The van der Waals surface area contributed by atoms with Gasteiger partial charge in [-0.15, -0.1) is 11.3 Å². The minimum atomic E-state index is -0.141. The quantitative estimate of drug-likeness (QED) is 0.743. The number of nitrogens with one attached hydrogen (secondary N) is 1. The normalized spacial score (nSPS) is 11.2. The fourth-order valence-electron chi connectivity index (χ4n) is 1.73. The number of carbonyl (C=O) groups excluding carboxylic acids is 1. The van der Waals surface area contributed by atoms with Gasteiger partial charge in [-0.05, 0) is 35.7 Å². The van der Waals surface area contributed by atoms with Crippen LogP contribution in [0.3, 0.4) is 0 Å². The van der Waals surface area contributed by atoms with E-state index in [1.165, 1.54) is 6.08 Å². The molecule has 0 radical (unpaired) electrons. The molecule has 0 fully saturated rings. The third-order valence-corrected chi connectivity index (χ3v) is 3.45. The van der Waals surface area contributed by atoms with Crippen LogP contribution >= 0.6 is 11.3 Å². The highest BCUT2D eigenvalue weighted by atomic mass is 32.1. The number of amides is 1. The number of anilines is 1. The van der Waals surface area contributed by atoms with Gasteiger partial charge in [0.05, 0.1) is 5.52 Å². The molecular weight excluding hydrogens is 258 g/mol. The highest BCUT2D eigenvalue weighted by molar-refractivity contribution is 7.10. The van der Waals surface area contributed by atoms with Gasteiger partial charge in [-0.2, -0.15) is 5.10 Å². The standard InChI is InChI=1S/C14H11N3OS/c18-14(4-3-13-2-1-9-19-13)16-11-6-8-17-12(10-11)5-7-15-17/h1-10H,(H,16,18). The van der Waals surface area contributed by atoms with Crippen LogP contribution in [0.1, 0.15) is 4.88 Å². The molecule has 1 N–H and O–H groups in total. The topological polar surface area (TPSA) is 46.4 Å². The van der Waals surface area contributed by atoms with E-state index in [0.29, 0.717) is 0 Å². The largest absolute Gasteiger partial charge is 0.322 e. The molecule has 0 atom stereocenters. The van der Waals surface area contributed by atoms with Crippen molar-refractivity contribution in [3.63, 3.8) is 0 Å². The zero-order valence-electron chi connectivity index (χ0n) is 9.98. The number of pyridine rings is 1. The zero-order chi connectivity index (χ0) is 13.1. The highest BCUT2D eigenvalue weighted by Gasteiger charge is 2.00. The van der Waals surface area contributed by atoms with Crippen LogP contribution in [-0.4, -0.2) is 15.5 Å². The number of nitrogens with zero attached hydrogens (tertiary/aromatic N) is 2. The van der Waals surface area contributed by atoms with Gasteiger partial charge in [0, 0.05) is 29.0 Å². The summed E-state index contributed by atoms with van der Waals surface area (Å²) >= 11 is 1.60. The fraction of sp³-hybridized carbons (Fsp3) is 0. The first-order chi connectivity index (χ1) is 9.31. The third-order valence-electron chi connectivity index (χ3n) is 2.61. The van der Waals surface area contributed by atoms with E-state index >= 15 is 0 Å². The van der Waals surface area contributed by atoms with Crippen molar-refractivity contribution in [1.82, 2.24) is 9.61 Å². The van der Waals surface area contributed by atoms with Gasteiger partial charge in [0.2, 0.25) is 5.91 Å². The lowest BCUT2D eigenvalue weighted by Gasteiger charge is -2.02. The highest BCUT2D eigenvalue weighted by Crippen LogP contribution is 2.13. The predicted octanol–water partition coefficient (Wildman–Crippen LogP) is 3.05. The second kappa shape index (κ2) is 5.07. The summed E-state index contributed by atoms with van der Waals surface area (Å²) in [6.07, 6.45) is 6.87. The summed E-state index contributed by atoms with van der Waals surface area (Å²) in [6.45, 7) is 0. The summed E-state index contributed by atoms with van der Waals surface area (Å²) in [5.41, 5.74) is 1.70. The molecule has 94 valence electrons. The molecule has 3 rings (SSSR count). The molecule has 3 aromatic rings. The molecule has 1 amide bonds. The van der Waals surface area contributed by atoms with Gasteiger partial charge < -0.3 is 5.32 Å². The molecule has 0 aromatic carbocycles. The number of hydrogen-bond acceptors (Lipinski definition) is 3. The van der Waals surface area contributed by atoms with Gasteiger partial charge in [0.15, 0.2) is 0 Å². The molecule has 5 heteroatoms. The lowest BCUT2D eigenvalue weighted by Crippen LogP contribution is -2.07. The number of hydrogen-bond donors (Lipinski definition) is 1. The summed E-state index contributed by atoms with van der Waals surface area (Å²) in [5.74, 6) is -0.141. The van der Waals surface area contributed by atoms with E-state index in [0.717, 1.165) is 16.1 Å². The number of thiophene rings is 1. The smallest absolute Gasteiger partial charge is 0.248 e. The Bertz CT molecular complexity index is 728. The van der Waals surface area contributed by atoms with E-state index in [-0.39, 0.29) is 5.91 Å². The maximum atomic E-state index is 11.8. The van der Waals surface area contributed by atoms with E-state index in [1.54, 1.807) is 28.1 Å². The van der Waals surface area contributed by atoms with Gasteiger partial charge in [0.1, 0.15) is 0 Å². The summed E-state index contributed by atoms with van der Waals surface area (Å²) in [7, 11) is 0. The van der Waals surface area contributed by atoms with Crippen molar-refractivity contribution in [2.45, 2.75) is 0 Å². The van der Waals surface area contributed by atoms with E-state index in [2.05, 4.69) is 10.4 Å². The van der Waals surface area contributed by atoms with Crippen molar-refractivity contribution >= 4 is 34.5 Å². The molecule has 0 spiro atoms. The van der Waals surface area contributed by atoms with Crippen LogP contribution < -0.4 is 5.32 Å². The molecule has 4 nitrogen and oxygen atoms in total. The Hall–Kier alpha value is -2.40. The third kappa shape index (κ3) is 2.71. The summed E-state index contributed by atoms with van der Waals surface area (Å²) in [6, 6.07) is 9.50. The summed E-state index contributed by atoms with van der Waals surface area (Å²) < 4.78 is 1.75. The fourth-order valence-corrected chi connectivity index (χ4v) is 2.35. The van der Waals surface area contributed by atoms with Gasteiger partial charge in [-0.3, -0.25) is 4.79 Å². The molecule has 3 aromatic heterocycles. The van der Waals surface area contributed by atoms with Crippen LogP contribution in [0.5, 0.6) is 0 Å². The van der Waals surface area contributed by atoms with Crippen molar-refractivity contribution in [1.29, 1.82) is 0 Å². The van der Waals surface area contributed by atoms with Crippen LogP contribution in [0.2, 0.25) is 0 Å². The van der Waals surface area contributed by atoms with Crippen LogP contribution in [-0.2, 0) is 4.79 Å². The van der Waals surface area contributed by atoms with Gasteiger partial charge >= 0.3 is 0 Å². The lowest BCUT2D eigenvalue weighted by molar-refractivity contribution is -0.111.